The summed E-state index contributed by atoms with van der Waals surface area (Å²) in [6.45, 7) is 2.66. The van der Waals surface area contributed by atoms with Crippen molar-refractivity contribution in [3.8, 4) is 0 Å². The molecule has 3 heteroatoms. The molecule has 60 valence electrons. The van der Waals surface area contributed by atoms with Gasteiger partial charge in [0.25, 0.3) is 6.47 Å². The van der Waals surface area contributed by atoms with E-state index in [-0.39, 0.29) is 0 Å². The van der Waals surface area contributed by atoms with Gasteiger partial charge in [0.1, 0.15) is 0 Å². The molecular weight excluding hydrogens is 196 g/mol. The third-order valence-electron chi connectivity index (χ3n) is 1.15. The first-order chi connectivity index (χ1) is 4.85. The van der Waals surface area contributed by atoms with Crippen LogP contribution >= 0.6 is 15.9 Å². The van der Waals surface area contributed by atoms with E-state index in [0.717, 1.165) is 5.92 Å². The fourth-order valence-electron chi connectivity index (χ4n) is 0.340. The van der Waals surface area contributed by atoms with Crippen molar-refractivity contribution in [1.82, 2.24) is 0 Å². The summed E-state index contributed by atoms with van der Waals surface area (Å²) in [6.07, 6.45) is 2.93. The molecular formula is C7H13BrO2. The molecule has 1 rings (SSSR count). The molecule has 2 nitrogen and oxygen atoms in total. The third-order valence-corrected chi connectivity index (χ3v) is 2.07. The highest BCUT2D eigenvalue weighted by Crippen LogP contribution is 2.29. The van der Waals surface area contributed by atoms with Gasteiger partial charge in [-0.15, -0.1) is 0 Å². The second-order valence-electron chi connectivity index (χ2n) is 2.15. The molecule has 0 atom stereocenters. The first-order valence-corrected chi connectivity index (χ1v) is 4.58. The Labute approximate surface area is 70.1 Å². The van der Waals surface area contributed by atoms with Crippen LogP contribution in [0.15, 0.2) is 0 Å². The normalized spacial score (nSPS) is 15.0. The smallest absolute Gasteiger partial charge is 0.293 e. The number of ether oxygens (including phenoxy) is 1. The fourth-order valence-corrected chi connectivity index (χ4v) is 0.988. The van der Waals surface area contributed by atoms with Crippen molar-refractivity contribution in [2.75, 3.05) is 11.9 Å². The Hall–Kier alpha value is -0.0500. The number of hydrogen-bond acceptors (Lipinski definition) is 2. The summed E-state index contributed by atoms with van der Waals surface area (Å²) in [6, 6.07) is 0. The van der Waals surface area contributed by atoms with E-state index >= 15 is 0 Å². The van der Waals surface area contributed by atoms with Crippen molar-refractivity contribution in [3.05, 3.63) is 0 Å². The quantitative estimate of drug-likeness (QED) is 0.524. The summed E-state index contributed by atoms with van der Waals surface area (Å²) >= 11 is 3.38. The van der Waals surface area contributed by atoms with Gasteiger partial charge in [0.05, 0.1) is 6.61 Å². The zero-order chi connectivity index (χ0) is 7.82. The zero-order valence-corrected chi connectivity index (χ0v) is 7.76. The molecule has 1 saturated carbocycles. The first-order valence-electron chi connectivity index (χ1n) is 3.46. The maximum absolute atomic E-state index is 9.18. The second-order valence-corrected chi connectivity index (χ2v) is 2.80. The van der Waals surface area contributed by atoms with E-state index in [0.29, 0.717) is 13.1 Å². The molecule has 0 aromatic rings. The number of hydrogen-bond donors (Lipinski definition) is 0. The lowest BCUT2D eigenvalue weighted by Gasteiger charge is -1.79. The zero-order valence-electron chi connectivity index (χ0n) is 6.18. The highest BCUT2D eigenvalue weighted by molar-refractivity contribution is 9.09. The SMILES string of the molecule is BrCC1CC1.CCOC=O. The Bertz CT molecular complexity index is 81.7. The van der Waals surface area contributed by atoms with Gasteiger partial charge >= 0.3 is 0 Å². The summed E-state index contributed by atoms with van der Waals surface area (Å²) in [7, 11) is 0. The minimum absolute atomic E-state index is 0.431. The van der Waals surface area contributed by atoms with Crippen LogP contribution in [0.5, 0.6) is 0 Å². The minimum atomic E-state index is 0.431. The molecule has 0 N–H and O–H groups in total. The van der Waals surface area contributed by atoms with E-state index in [1.807, 2.05) is 0 Å². The predicted octanol–water partition coefficient (Wildman–Crippen LogP) is 1.97. The monoisotopic (exact) mass is 208 g/mol. The highest BCUT2D eigenvalue weighted by Gasteiger charge is 2.18. The van der Waals surface area contributed by atoms with Crippen LogP contribution in [0.1, 0.15) is 19.8 Å². The number of rotatable bonds is 3. The van der Waals surface area contributed by atoms with E-state index < -0.39 is 0 Å². The molecule has 0 aromatic heterocycles. The van der Waals surface area contributed by atoms with Gasteiger partial charge in [0.2, 0.25) is 0 Å². The lowest BCUT2D eigenvalue weighted by molar-refractivity contribution is -0.128. The Morgan fingerprint density at radius 1 is 1.70 bits per heavy atom. The van der Waals surface area contributed by atoms with Gasteiger partial charge in [0, 0.05) is 5.33 Å². The van der Waals surface area contributed by atoms with E-state index in [1.165, 1.54) is 18.2 Å². The number of halogens is 1. The van der Waals surface area contributed by atoms with Gasteiger partial charge < -0.3 is 4.74 Å². The Kier molecular flexibility index (Phi) is 7.03. The van der Waals surface area contributed by atoms with Crippen LogP contribution in [0.3, 0.4) is 0 Å². The van der Waals surface area contributed by atoms with E-state index in [1.54, 1.807) is 6.92 Å². The molecule has 0 aromatic carbocycles. The summed E-state index contributed by atoms with van der Waals surface area (Å²) in [5.74, 6) is 1.05. The van der Waals surface area contributed by atoms with E-state index in [2.05, 4.69) is 20.7 Å². The molecule has 0 saturated heterocycles. The number of carbonyl (C=O) groups excluding carboxylic acids is 1. The van der Waals surface area contributed by atoms with Crippen LogP contribution in [-0.4, -0.2) is 18.4 Å². The van der Waals surface area contributed by atoms with Crippen LogP contribution in [0.4, 0.5) is 0 Å². The maximum Gasteiger partial charge on any atom is 0.293 e. The van der Waals surface area contributed by atoms with Crippen molar-refractivity contribution in [3.63, 3.8) is 0 Å². The minimum Gasteiger partial charge on any atom is -0.468 e. The molecule has 1 aliphatic carbocycles. The van der Waals surface area contributed by atoms with Crippen LogP contribution in [0.25, 0.3) is 0 Å². The summed E-state index contributed by atoms with van der Waals surface area (Å²) in [4.78, 5) is 9.18. The molecule has 0 bridgehead atoms. The molecule has 0 radical (unpaired) electrons. The molecule has 0 amide bonds. The fraction of sp³-hybridized carbons (Fsp3) is 0.857. The molecule has 0 spiro atoms. The molecule has 0 heterocycles. The third kappa shape index (κ3) is 7.95. The number of carbonyl (C=O) groups is 1. The van der Waals surface area contributed by atoms with Gasteiger partial charge in [-0.2, -0.15) is 0 Å². The maximum atomic E-state index is 9.18. The predicted molar refractivity (Wildman–Crippen MR) is 44.2 cm³/mol. The van der Waals surface area contributed by atoms with Gasteiger partial charge in [-0.1, -0.05) is 15.9 Å². The van der Waals surface area contributed by atoms with Crippen LogP contribution < -0.4 is 0 Å². The highest BCUT2D eigenvalue weighted by atomic mass is 79.9. The first kappa shape index (κ1) is 9.95. The van der Waals surface area contributed by atoms with Crippen molar-refractivity contribution < 1.29 is 9.53 Å². The van der Waals surface area contributed by atoms with Crippen LogP contribution in [-0.2, 0) is 9.53 Å². The van der Waals surface area contributed by atoms with Gasteiger partial charge in [-0.25, -0.2) is 0 Å². The Balaban J connectivity index is 0.000000162. The average Bonchev–Trinajstić information content (AvgIpc) is 2.72. The Morgan fingerprint density at radius 3 is 2.30 bits per heavy atom. The van der Waals surface area contributed by atoms with Gasteiger partial charge in [-0.05, 0) is 25.7 Å². The van der Waals surface area contributed by atoms with E-state index in [4.69, 9.17) is 0 Å². The number of alkyl halides is 1. The average molecular weight is 209 g/mol. The van der Waals surface area contributed by atoms with Crippen LogP contribution in [0.2, 0.25) is 0 Å². The van der Waals surface area contributed by atoms with Crippen molar-refractivity contribution in [2.24, 2.45) is 5.92 Å². The lowest BCUT2D eigenvalue weighted by Crippen LogP contribution is -1.80. The van der Waals surface area contributed by atoms with Crippen LogP contribution in [0, 0.1) is 5.92 Å². The standard InChI is InChI=1S/C4H7Br.C3H6O2/c5-3-4-1-2-4;1-2-5-3-4/h4H,1-3H2;3H,2H2,1H3. The lowest BCUT2D eigenvalue weighted by atomic mass is 10.5. The molecule has 0 unspecified atom stereocenters. The van der Waals surface area contributed by atoms with E-state index in [9.17, 15) is 4.79 Å². The molecule has 1 aliphatic rings. The molecule has 0 aliphatic heterocycles. The summed E-state index contributed by atoms with van der Waals surface area (Å²) in [5, 5.41) is 1.23. The Morgan fingerprint density at radius 2 is 2.30 bits per heavy atom. The molecule has 1 fully saturated rings. The second kappa shape index (κ2) is 7.06. The summed E-state index contributed by atoms with van der Waals surface area (Å²) in [5.41, 5.74) is 0. The largest absolute Gasteiger partial charge is 0.468 e. The van der Waals surface area contributed by atoms with Crippen molar-refractivity contribution in [2.45, 2.75) is 19.8 Å². The van der Waals surface area contributed by atoms with Gasteiger partial charge in [-0.3, -0.25) is 4.79 Å². The summed E-state index contributed by atoms with van der Waals surface area (Å²) < 4.78 is 4.15. The topological polar surface area (TPSA) is 26.3 Å². The van der Waals surface area contributed by atoms with Crippen molar-refractivity contribution in [1.29, 1.82) is 0 Å². The van der Waals surface area contributed by atoms with Crippen molar-refractivity contribution >= 4 is 22.4 Å². The van der Waals surface area contributed by atoms with Gasteiger partial charge in [0.15, 0.2) is 0 Å². The molecule has 10 heavy (non-hydrogen) atoms.